The van der Waals surface area contributed by atoms with Crippen LogP contribution in [0.5, 0.6) is 0 Å². The smallest absolute Gasteiger partial charge is 0.270 e. The minimum Gasteiger partial charge on any atom is -0.365 e. The first-order valence-corrected chi connectivity index (χ1v) is 8.67. The lowest BCUT2D eigenvalue weighted by molar-refractivity contribution is 0.112. The Morgan fingerprint density at radius 1 is 1.45 bits per heavy atom. The summed E-state index contributed by atoms with van der Waals surface area (Å²) in [5, 5.41) is 2.94. The molecule has 2 aromatic heterocycles. The minimum atomic E-state index is -3.06. The Balaban J connectivity index is 2.11. The third-order valence-corrected chi connectivity index (χ3v) is 5.54. The Labute approximate surface area is 126 Å². The second-order valence-corrected chi connectivity index (χ2v) is 7.65. The highest BCUT2D eigenvalue weighted by atomic mass is 32.2. The van der Waals surface area contributed by atoms with Crippen LogP contribution < -0.4 is 10.9 Å². The summed E-state index contributed by atoms with van der Waals surface area (Å²) < 4.78 is 24.4. The van der Waals surface area contributed by atoms with Gasteiger partial charge in [-0.05, 0) is 25.0 Å². The maximum atomic E-state index is 12.4. The summed E-state index contributed by atoms with van der Waals surface area (Å²) in [6.45, 7) is 1.81. The van der Waals surface area contributed by atoms with Gasteiger partial charge in [-0.25, -0.2) is 13.4 Å². The average Bonchev–Trinajstić information content (AvgIpc) is 2.80. The van der Waals surface area contributed by atoms with Crippen LogP contribution in [0.4, 0.5) is 5.82 Å². The number of hydrogen-bond donors (Lipinski definition) is 1. The Hall–Kier alpha value is -2.22. The molecule has 2 aromatic rings. The molecule has 1 aliphatic rings. The normalized spacial score (nSPS) is 20.1. The van der Waals surface area contributed by atoms with E-state index in [2.05, 4.69) is 10.3 Å². The van der Waals surface area contributed by atoms with Gasteiger partial charge in [-0.1, -0.05) is 6.07 Å². The van der Waals surface area contributed by atoms with Crippen LogP contribution in [0.3, 0.4) is 0 Å². The quantitative estimate of drug-likeness (QED) is 0.823. The van der Waals surface area contributed by atoms with E-state index in [9.17, 15) is 18.0 Å². The molecule has 0 bridgehead atoms. The zero-order valence-electron chi connectivity index (χ0n) is 11.9. The monoisotopic (exact) mass is 321 g/mol. The number of rotatable bonds is 3. The van der Waals surface area contributed by atoms with E-state index in [1.165, 1.54) is 4.40 Å². The highest BCUT2D eigenvalue weighted by Gasteiger charge is 2.29. The molecule has 0 amide bonds. The lowest BCUT2D eigenvalue weighted by Crippen LogP contribution is -2.27. The first-order valence-electron chi connectivity index (χ1n) is 6.85. The Kier molecular flexibility index (Phi) is 3.48. The Bertz CT molecular complexity index is 918. The largest absolute Gasteiger partial charge is 0.365 e. The van der Waals surface area contributed by atoms with Crippen LogP contribution in [-0.2, 0) is 9.84 Å². The summed E-state index contributed by atoms with van der Waals surface area (Å²) in [6, 6.07) is 3.19. The van der Waals surface area contributed by atoms with Crippen molar-refractivity contribution in [1.29, 1.82) is 0 Å². The molecule has 116 valence electrons. The molecule has 1 atom stereocenters. The van der Waals surface area contributed by atoms with Crippen molar-refractivity contribution in [2.24, 2.45) is 0 Å². The van der Waals surface area contributed by atoms with Gasteiger partial charge in [-0.2, -0.15) is 0 Å². The van der Waals surface area contributed by atoms with E-state index in [1.807, 2.05) is 13.0 Å². The molecule has 3 rings (SSSR count). The van der Waals surface area contributed by atoms with Crippen LogP contribution in [0.1, 0.15) is 22.3 Å². The van der Waals surface area contributed by atoms with Gasteiger partial charge >= 0.3 is 0 Å². The van der Waals surface area contributed by atoms with Crippen LogP contribution >= 0.6 is 0 Å². The van der Waals surface area contributed by atoms with Gasteiger partial charge in [0.15, 0.2) is 16.1 Å². The molecule has 0 spiro atoms. The van der Waals surface area contributed by atoms with Crippen LogP contribution in [0.2, 0.25) is 0 Å². The van der Waals surface area contributed by atoms with Crippen molar-refractivity contribution in [1.82, 2.24) is 9.38 Å². The maximum absolute atomic E-state index is 12.4. The first kappa shape index (κ1) is 14.7. The van der Waals surface area contributed by atoms with Gasteiger partial charge in [0.25, 0.3) is 5.56 Å². The van der Waals surface area contributed by atoms with Gasteiger partial charge in [0.2, 0.25) is 0 Å². The summed E-state index contributed by atoms with van der Waals surface area (Å²) in [5.74, 6) is 0.240. The number of aldehydes is 1. The number of carbonyl (C=O) groups excluding carboxylic acids is 1. The van der Waals surface area contributed by atoms with Crippen molar-refractivity contribution in [3.63, 3.8) is 0 Å². The van der Waals surface area contributed by atoms with Crippen molar-refractivity contribution >= 4 is 27.6 Å². The number of fused-ring (bicyclic) bond motifs is 1. The summed E-state index contributed by atoms with van der Waals surface area (Å²) in [4.78, 5) is 28.0. The van der Waals surface area contributed by atoms with Gasteiger partial charge < -0.3 is 5.32 Å². The average molecular weight is 321 g/mol. The SMILES string of the molecule is Cc1cccn2c(=O)c(C=O)c(NC3CCS(=O)(=O)C3)nc12. The summed E-state index contributed by atoms with van der Waals surface area (Å²) in [5.41, 5.74) is 0.681. The summed E-state index contributed by atoms with van der Waals surface area (Å²) >= 11 is 0. The molecule has 1 saturated heterocycles. The zero-order chi connectivity index (χ0) is 15.9. The summed E-state index contributed by atoms with van der Waals surface area (Å²) in [7, 11) is -3.06. The fraction of sp³-hybridized carbons (Fsp3) is 0.357. The molecular weight excluding hydrogens is 306 g/mol. The topological polar surface area (TPSA) is 97.6 Å². The minimum absolute atomic E-state index is 0.0138. The fourth-order valence-electron chi connectivity index (χ4n) is 2.63. The molecule has 0 saturated carbocycles. The number of aryl methyl sites for hydroxylation is 1. The second-order valence-electron chi connectivity index (χ2n) is 5.43. The van der Waals surface area contributed by atoms with Crippen molar-refractivity contribution < 1.29 is 13.2 Å². The molecule has 0 radical (unpaired) electrons. The highest BCUT2D eigenvalue weighted by Crippen LogP contribution is 2.18. The third kappa shape index (κ3) is 2.50. The summed E-state index contributed by atoms with van der Waals surface area (Å²) in [6.07, 6.45) is 2.44. The molecule has 1 fully saturated rings. The van der Waals surface area contributed by atoms with Crippen LogP contribution in [0.15, 0.2) is 23.1 Å². The number of pyridine rings is 1. The molecule has 0 aliphatic carbocycles. The van der Waals surface area contributed by atoms with E-state index >= 15 is 0 Å². The highest BCUT2D eigenvalue weighted by molar-refractivity contribution is 7.91. The Morgan fingerprint density at radius 2 is 2.23 bits per heavy atom. The van der Waals surface area contributed by atoms with Crippen molar-refractivity contribution in [2.45, 2.75) is 19.4 Å². The van der Waals surface area contributed by atoms with Gasteiger partial charge in [-0.3, -0.25) is 14.0 Å². The van der Waals surface area contributed by atoms with Gasteiger partial charge in [0.1, 0.15) is 17.0 Å². The maximum Gasteiger partial charge on any atom is 0.270 e. The number of anilines is 1. The number of nitrogens with one attached hydrogen (secondary N) is 1. The molecule has 1 aliphatic heterocycles. The molecule has 8 heteroatoms. The zero-order valence-corrected chi connectivity index (χ0v) is 12.8. The molecule has 0 aromatic carbocycles. The predicted octanol–water partition coefficient (Wildman–Crippen LogP) is 0.414. The number of hydrogen-bond acceptors (Lipinski definition) is 6. The van der Waals surface area contributed by atoms with E-state index in [1.54, 1.807) is 12.3 Å². The number of nitrogens with zero attached hydrogens (tertiary/aromatic N) is 2. The van der Waals surface area contributed by atoms with Crippen molar-refractivity contribution in [3.05, 3.63) is 39.8 Å². The first-order chi connectivity index (χ1) is 10.4. The third-order valence-electron chi connectivity index (χ3n) is 3.78. The van der Waals surface area contributed by atoms with Crippen LogP contribution in [-0.4, -0.2) is 41.6 Å². The molecule has 1 unspecified atom stereocenters. The van der Waals surface area contributed by atoms with E-state index in [0.717, 1.165) is 5.56 Å². The lowest BCUT2D eigenvalue weighted by Gasteiger charge is -2.14. The van der Waals surface area contributed by atoms with Gasteiger partial charge in [-0.15, -0.1) is 0 Å². The molecule has 3 heterocycles. The van der Waals surface area contributed by atoms with E-state index in [-0.39, 0.29) is 28.9 Å². The predicted molar refractivity (Wildman–Crippen MR) is 82.3 cm³/mol. The van der Waals surface area contributed by atoms with Gasteiger partial charge in [0, 0.05) is 12.2 Å². The Morgan fingerprint density at radius 3 is 2.86 bits per heavy atom. The van der Waals surface area contributed by atoms with Crippen LogP contribution in [0, 0.1) is 6.92 Å². The standard InChI is InChI=1S/C14H15N3O4S/c1-9-3-2-5-17-13(9)16-12(11(7-18)14(17)19)15-10-4-6-22(20,21)8-10/h2-3,5,7,10,15H,4,6,8H2,1H3. The van der Waals surface area contributed by atoms with Crippen molar-refractivity contribution in [2.75, 3.05) is 16.8 Å². The fourth-order valence-corrected chi connectivity index (χ4v) is 4.30. The van der Waals surface area contributed by atoms with Gasteiger partial charge in [0.05, 0.1) is 11.5 Å². The van der Waals surface area contributed by atoms with E-state index < -0.39 is 15.4 Å². The van der Waals surface area contributed by atoms with E-state index in [4.69, 9.17) is 0 Å². The lowest BCUT2D eigenvalue weighted by atomic mass is 10.2. The number of carbonyl (C=O) groups is 1. The molecular formula is C14H15N3O4S. The molecule has 1 N–H and O–H groups in total. The number of sulfone groups is 1. The number of aromatic nitrogens is 2. The molecule has 22 heavy (non-hydrogen) atoms. The van der Waals surface area contributed by atoms with Crippen molar-refractivity contribution in [3.8, 4) is 0 Å². The second kappa shape index (κ2) is 5.20. The van der Waals surface area contributed by atoms with Crippen LogP contribution in [0.25, 0.3) is 5.65 Å². The van der Waals surface area contributed by atoms with E-state index in [0.29, 0.717) is 18.4 Å². The molecule has 7 nitrogen and oxygen atoms in total.